The van der Waals surface area contributed by atoms with E-state index in [-0.39, 0.29) is 11.4 Å². The van der Waals surface area contributed by atoms with Crippen molar-refractivity contribution in [3.05, 3.63) is 53.9 Å². The van der Waals surface area contributed by atoms with Gasteiger partial charge in [0.1, 0.15) is 17.7 Å². The van der Waals surface area contributed by atoms with Crippen LogP contribution in [-0.2, 0) is 5.75 Å². The van der Waals surface area contributed by atoms with Crippen LogP contribution in [0, 0.1) is 5.82 Å². The molecular weight excluding hydrogens is 255 g/mol. The highest BCUT2D eigenvalue weighted by molar-refractivity contribution is 7.98. The van der Waals surface area contributed by atoms with E-state index in [1.165, 1.54) is 36.4 Å². The molecule has 0 aliphatic rings. The molecule has 0 atom stereocenters. The molecule has 2 aromatic rings. The smallest absolute Gasteiger partial charge is 0.339 e. The molecule has 0 amide bonds. The van der Waals surface area contributed by atoms with Gasteiger partial charge in [-0.3, -0.25) is 0 Å². The SMILES string of the molecule is O=C(O)c1cncnc1CSc1cccc(F)c1. The Balaban J connectivity index is 2.13. The predicted octanol–water partition coefficient (Wildman–Crippen LogP) is 2.61. The van der Waals surface area contributed by atoms with E-state index in [0.29, 0.717) is 11.4 Å². The molecule has 0 spiro atoms. The summed E-state index contributed by atoms with van der Waals surface area (Å²) in [5.74, 6) is -1.03. The van der Waals surface area contributed by atoms with Gasteiger partial charge in [0.2, 0.25) is 0 Å². The highest BCUT2D eigenvalue weighted by atomic mass is 32.2. The van der Waals surface area contributed by atoms with Gasteiger partial charge in [0.15, 0.2) is 0 Å². The molecule has 6 heteroatoms. The molecule has 1 aromatic heterocycles. The van der Waals surface area contributed by atoms with Crippen molar-refractivity contribution >= 4 is 17.7 Å². The lowest BCUT2D eigenvalue weighted by atomic mass is 10.2. The van der Waals surface area contributed by atoms with E-state index in [4.69, 9.17) is 5.11 Å². The van der Waals surface area contributed by atoms with E-state index < -0.39 is 5.97 Å². The van der Waals surface area contributed by atoms with Gasteiger partial charge in [-0.05, 0) is 18.2 Å². The maximum absolute atomic E-state index is 13.0. The Hall–Kier alpha value is -1.95. The Morgan fingerprint density at radius 3 is 3.00 bits per heavy atom. The summed E-state index contributed by atoms with van der Waals surface area (Å²) < 4.78 is 13.0. The zero-order valence-electron chi connectivity index (χ0n) is 9.21. The molecular formula is C12H9FN2O2S. The van der Waals surface area contributed by atoms with Crippen LogP contribution in [-0.4, -0.2) is 21.0 Å². The molecule has 0 unspecified atom stereocenters. The molecule has 0 saturated carbocycles. The fourth-order valence-electron chi connectivity index (χ4n) is 1.36. The van der Waals surface area contributed by atoms with Crippen LogP contribution in [0.3, 0.4) is 0 Å². The Morgan fingerprint density at radius 2 is 2.28 bits per heavy atom. The van der Waals surface area contributed by atoms with Crippen LogP contribution in [0.5, 0.6) is 0 Å². The number of halogens is 1. The largest absolute Gasteiger partial charge is 0.478 e. The van der Waals surface area contributed by atoms with Crippen molar-refractivity contribution in [3.8, 4) is 0 Å². The van der Waals surface area contributed by atoms with Crippen molar-refractivity contribution in [2.75, 3.05) is 0 Å². The number of aromatic carboxylic acids is 1. The second-order valence-corrected chi connectivity index (χ2v) is 4.48. The zero-order chi connectivity index (χ0) is 13.0. The highest BCUT2D eigenvalue weighted by Gasteiger charge is 2.11. The molecule has 0 aliphatic carbocycles. The third-order valence-electron chi connectivity index (χ3n) is 2.20. The quantitative estimate of drug-likeness (QED) is 0.860. The Bertz CT molecular complexity index is 578. The lowest BCUT2D eigenvalue weighted by Gasteiger charge is -2.04. The summed E-state index contributed by atoms with van der Waals surface area (Å²) in [6, 6.07) is 6.12. The van der Waals surface area contributed by atoms with Crippen LogP contribution in [0.15, 0.2) is 41.7 Å². The van der Waals surface area contributed by atoms with E-state index >= 15 is 0 Å². The predicted molar refractivity (Wildman–Crippen MR) is 65.0 cm³/mol. The minimum atomic E-state index is -1.06. The van der Waals surface area contributed by atoms with Gasteiger partial charge in [0.25, 0.3) is 0 Å². The Labute approximate surface area is 107 Å². The Kier molecular flexibility index (Phi) is 3.88. The summed E-state index contributed by atoms with van der Waals surface area (Å²) in [4.78, 5) is 19.3. The van der Waals surface area contributed by atoms with E-state index in [1.807, 2.05) is 0 Å². The molecule has 0 bridgehead atoms. The lowest BCUT2D eigenvalue weighted by molar-refractivity contribution is 0.0695. The summed E-state index contributed by atoms with van der Waals surface area (Å²) in [7, 11) is 0. The van der Waals surface area contributed by atoms with Gasteiger partial charge in [0, 0.05) is 16.8 Å². The van der Waals surface area contributed by atoms with Gasteiger partial charge in [0.05, 0.1) is 5.69 Å². The van der Waals surface area contributed by atoms with Crippen LogP contribution in [0.1, 0.15) is 16.1 Å². The summed E-state index contributed by atoms with van der Waals surface area (Å²) in [6.07, 6.45) is 2.56. The number of carbonyl (C=O) groups is 1. The minimum absolute atomic E-state index is 0.0707. The summed E-state index contributed by atoms with van der Waals surface area (Å²) in [5, 5.41) is 8.96. The molecule has 1 aromatic carbocycles. The highest BCUT2D eigenvalue weighted by Crippen LogP contribution is 2.23. The van der Waals surface area contributed by atoms with Crippen LogP contribution in [0.4, 0.5) is 4.39 Å². The van der Waals surface area contributed by atoms with E-state index in [0.717, 1.165) is 4.90 Å². The number of thioether (sulfide) groups is 1. The molecule has 0 saturated heterocycles. The van der Waals surface area contributed by atoms with E-state index in [1.54, 1.807) is 12.1 Å². The molecule has 1 heterocycles. The first kappa shape index (κ1) is 12.5. The van der Waals surface area contributed by atoms with Crippen molar-refractivity contribution in [2.24, 2.45) is 0 Å². The van der Waals surface area contributed by atoms with Crippen LogP contribution in [0.25, 0.3) is 0 Å². The standard InChI is InChI=1S/C12H9FN2O2S/c13-8-2-1-3-9(4-8)18-6-11-10(12(16)17)5-14-7-15-11/h1-5,7H,6H2,(H,16,17). The number of benzene rings is 1. The van der Waals surface area contributed by atoms with Crippen LogP contribution < -0.4 is 0 Å². The molecule has 92 valence electrons. The molecule has 2 rings (SSSR count). The molecule has 0 aliphatic heterocycles. The normalized spacial score (nSPS) is 10.3. The van der Waals surface area contributed by atoms with E-state index in [9.17, 15) is 9.18 Å². The average Bonchev–Trinajstić information content (AvgIpc) is 2.37. The second kappa shape index (κ2) is 5.59. The number of nitrogens with zero attached hydrogens (tertiary/aromatic N) is 2. The molecule has 4 nitrogen and oxygen atoms in total. The summed E-state index contributed by atoms with van der Waals surface area (Å²) in [5.41, 5.74) is 0.494. The van der Waals surface area contributed by atoms with Gasteiger partial charge >= 0.3 is 5.97 Å². The van der Waals surface area contributed by atoms with Crippen LogP contribution >= 0.6 is 11.8 Å². The zero-order valence-corrected chi connectivity index (χ0v) is 10.0. The maximum Gasteiger partial charge on any atom is 0.339 e. The van der Waals surface area contributed by atoms with Gasteiger partial charge in [-0.1, -0.05) is 6.07 Å². The van der Waals surface area contributed by atoms with Gasteiger partial charge < -0.3 is 5.11 Å². The fourth-order valence-corrected chi connectivity index (χ4v) is 2.26. The van der Waals surface area contributed by atoms with Crippen molar-refractivity contribution in [3.63, 3.8) is 0 Å². The monoisotopic (exact) mass is 264 g/mol. The molecule has 18 heavy (non-hydrogen) atoms. The number of carboxylic acid groups (broad SMARTS) is 1. The minimum Gasteiger partial charge on any atom is -0.478 e. The van der Waals surface area contributed by atoms with Crippen molar-refractivity contribution in [1.82, 2.24) is 9.97 Å². The van der Waals surface area contributed by atoms with Gasteiger partial charge in [-0.15, -0.1) is 11.8 Å². The topological polar surface area (TPSA) is 63.1 Å². The van der Waals surface area contributed by atoms with E-state index in [2.05, 4.69) is 9.97 Å². The third-order valence-corrected chi connectivity index (χ3v) is 3.20. The number of hydrogen-bond donors (Lipinski definition) is 1. The van der Waals surface area contributed by atoms with Crippen molar-refractivity contribution in [2.45, 2.75) is 10.6 Å². The summed E-state index contributed by atoms with van der Waals surface area (Å²) >= 11 is 1.33. The second-order valence-electron chi connectivity index (χ2n) is 3.43. The van der Waals surface area contributed by atoms with Gasteiger partial charge in [-0.25, -0.2) is 19.2 Å². The first-order chi connectivity index (χ1) is 8.66. The fraction of sp³-hybridized carbons (Fsp3) is 0.0833. The maximum atomic E-state index is 13.0. The van der Waals surface area contributed by atoms with Crippen molar-refractivity contribution < 1.29 is 14.3 Å². The number of aromatic nitrogens is 2. The molecule has 0 fully saturated rings. The average molecular weight is 264 g/mol. The lowest BCUT2D eigenvalue weighted by Crippen LogP contribution is -2.04. The van der Waals surface area contributed by atoms with Gasteiger partial charge in [-0.2, -0.15) is 0 Å². The third kappa shape index (κ3) is 3.04. The molecule has 1 N–H and O–H groups in total. The number of carboxylic acids is 1. The first-order valence-corrected chi connectivity index (χ1v) is 6.06. The van der Waals surface area contributed by atoms with Crippen molar-refractivity contribution in [1.29, 1.82) is 0 Å². The summed E-state index contributed by atoms with van der Waals surface area (Å²) in [6.45, 7) is 0. The number of rotatable bonds is 4. The van der Waals surface area contributed by atoms with Crippen LogP contribution in [0.2, 0.25) is 0 Å². The Morgan fingerprint density at radius 1 is 1.44 bits per heavy atom. The first-order valence-electron chi connectivity index (χ1n) is 5.07. The number of hydrogen-bond acceptors (Lipinski definition) is 4. The molecule has 0 radical (unpaired) electrons.